The van der Waals surface area contributed by atoms with Crippen molar-refractivity contribution in [2.75, 3.05) is 10.6 Å². The van der Waals surface area contributed by atoms with Gasteiger partial charge in [-0.25, -0.2) is 0 Å². The van der Waals surface area contributed by atoms with Crippen LogP contribution in [0.25, 0.3) is 0 Å². The zero-order chi connectivity index (χ0) is 22.4. The Hall–Kier alpha value is -3.55. The number of alkyl halides is 3. The second-order valence-electron chi connectivity index (χ2n) is 7.03. The number of anilines is 2. The Morgan fingerprint density at radius 1 is 1.06 bits per heavy atom. The molecule has 0 radical (unpaired) electrons. The number of pyridine rings is 1. The van der Waals surface area contributed by atoms with Gasteiger partial charge in [0.05, 0.1) is 11.1 Å². The quantitative estimate of drug-likeness (QED) is 0.483. The first-order valence-corrected chi connectivity index (χ1v) is 9.80. The van der Waals surface area contributed by atoms with Gasteiger partial charge >= 0.3 is 6.18 Å². The number of para-hydroxylation sites is 1. The third-order valence-electron chi connectivity index (χ3n) is 4.70. The van der Waals surface area contributed by atoms with Crippen LogP contribution in [0.3, 0.4) is 0 Å². The molecular formula is C23H22F3N3O2. The molecule has 0 bridgehead atoms. The van der Waals surface area contributed by atoms with E-state index in [1.165, 1.54) is 18.2 Å². The van der Waals surface area contributed by atoms with Gasteiger partial charge in [-0.3, -0.25) is 9.59 Å². The topological polar surface area (TPSA) is 74.0 Å². The highest BCUT2D eigenvalue weighted by molar-refractivity contribution is 6.08. The molecule has 0 saturated carbocycles. The summed E-state index contributed by atoms with van der Waals surface area (Å²) in [6.07, 6.45) is -2.04. The van der Waals surface area contributed by atoms with Crippen LogP contribution in [-0.4, -0.2) is 10.9 Å². The number of carbonyl (C=O) groups excluding carboxylic acids is 1. The zero-order valence-electron chi connectivity index (χ0n) is 16.8. The van der Waals surface area contributed by atoms with Crippen LogP contribution in [0.1, 0.15) is 40.4 Å². The van der Waals surface area contributed by atoms with Crippen molar-refractivity contribution in [2.45, 2.75) is 32.5 Å². The van der Waals surface area contributed by atoms with Crippen LogP contribution in [0.15, 0.2) is 65.6 Å². The summed E-state index contributed by atoms with van der Waals surface area (Å²) in [7, 11) is 0. The van der Waals surface area contributed by atoms with E-state index in [9.17, 15) is 22.8 Å². The molecule has 1 aromatic heterocycles. The number of nitrogens with one attached hydrogen (secondary N) is 3. The number of halogens is 3. The van der Waals surface area contributed by atoms with Crippen LogP contribution >= 0.6 is 0 Å². The molecule has 1 heterocycles. The Morgan fingerprint density at radius 3 is 2.52 bits per heavy atom. The number of amides is 1. The first-order valence-electron chi connectivity index (χ1n) is 9.80. The SMILES string of the molecule is CCCc1ccc(NC(=O)c2ccccc2NCc2ccc(=O)[nH]c2)cc1C(F)(F)F. The number of H-pyrrole nitrogens is 1. The molecular weight excluding hydrogens is 407 g/mol. The molecule has 162 valence electrons. The third-order valence-corrected chi connectivity index (χ3v) is 4.70. The maximum absolute atomic E-state index is 13.4. The van der Waals surface area contributed by atoms with Crippen molar-refractivity contribution in [3.05, 3.63) is 93.4 Å². The van der Waals surface area contributed by atoms with Crippen molar-refractivity contribution in [3.8, 4) is 0 Å². The van der Waals surface area contributed by atoms with Crippen molar-refractivity contribution >= 4 is 17.3 Å². The Balaban J connectivity index is 1.79. The number of carbonyl (C=O) groups is 1. The Bertz CT molecular complexity index is 1100. The van der Waals surface area contributed by atoms with E-state index in [1.54, 1.807) is 36.5 Å². The number of hydrogen-bond donors (Lipinski definition) is 3. The fraction of sp³-hybridized carbons (Fsp3) is 0.217. The van der Waals surface area contributed by atoms with Gasteiger partial charge in [-0.2, -0.15) is 13.2 Å². The first kappa shape index (κ1) is 22.1. The Morgan fingerprint density at radius 2 is 1.84 bits per heavy atom. The van der Waals surface area contributed by atoms with E-state index in [2.05, 4.69) is 15.6 Å². The summed E-state index contributed by atoms with van der Waals surface area (Å²) in [5.74, 6) is -0.527. The molecule has 0 atom stereocenters. The summed E-state index contributed by atoms with van der Waals surface area (Å²) in [6.45, 7) is 2.16. The van der Waals surface area contributed by atoms with Crippen molar-refractivity contribution in [1.29, 1.82) is 0 Å². The van der Waals surface area contributed by atoms with Gasteiger partial charge < -0.3 is 15.6 Å². The molecule has 3 N–H and O–H groups in total. The molecule has 0 unspecified atom stereocenters. The second kappa shape index (κ2) is 9.51. The largest absolute Gasteiger partial charge is 0.416 e. The van der Waals surface area contributed by atoms with Crippen molar-refractivity contribution < 1.29 is 18.0 Å². The molecule has 0 aliphatic rings. The highest BCUT2D eigenvalue weighted by Gasteiger charge is 2.33. The lowest BCUT2D eigenvalue weighted by Gasteiger charge is -2.16. The maximum Gasteiger partial charge on any atom is 0.416 e. The molecule has 0 saturated heterocycles. The fourth-order valence-electron chi connectivity index (χ4n) is 3.19. The van der Waals surface area contributed by atoms with E-state index in [0.717, 1.165) is 11.6 Å². The minimum absolute atomic E-state index is 0.0765. The molecule has 0 aliphatic heterocycles. The number of aryl methyl sites for hydroxylation is 1. The lowest BCUT2D eigenvalue weighted by atomic mass is 10.0. The van der Waals surface area contributed by atoms with Crippen LogP contribution in [0.4, 0.5) is 24.5 Å². The maximum atomic E-state index is 13.4. The van der Waals surface area contributed by atoms with Gasteiger partial charge in [0.25, 0.3) is 5.91 Å². The predicted octanol–water partition coefficient (Wildman–Crippen LogP) is 5.21. The van der Waals surface area contributed by atoms with Crippen molar-refractivity contribution in [3.63, 3.8) is 0 Å². The molecule has 31 heavy (non-hydrogen) atoms. The summed E-state index contributed by atoms with van der Waals surface area (Å²) >= 11 is 0. The first-order chi connectivity index (χ1) is 14.8. The van der Waals surface area contributed by atoms with Crippen LogP contribution in [0.5, 0.6) is 0 Å². The molecule has 2 aromatic carbocycles. The highest BCUT2D eigenvalue weighted by atomic mass is 19.4. The van der Waals surface area contributed by atoms with Gasteiger partial charge in [0.1, 0.15) is 0 Å². The number of aromatic nitrogens is 1. The average molecular weight is 429 g/mol. The van der Waals surface area contributed by atoms with E-state index >= 15 is 0 Å². The normalized spacial score (nSPS) is 11.2. The monoisotopic (exact) mass is 429 g/mol. The van der Waals surface area contributed by atoms with Gasteiger partial charge in [0.2, 0.25) is 5.56 Å². The van der Waals surface area contributed by atoms with Crippen molar-refractivity contribution in [2.24, 2.45) is 0 Å². The third kappa shape index (κ3) is 5.75. The molecule has 3 aromatic rings. The molecule has 3 rings (SSSR count). The number of hydrogen-bond acceptors (Lipinski definition) is 3. The van der Waals surface area contributed by atoms with Crippen molar-refractivity contribution in [1.82, 2.24) is 4.98 Å². The molecule has 0 spiro atoms. The van der Waals surface area contributed by atoms with Gasteiger partial charge in [0.15, 0.2) is 0 Å². The summed E-state index contributed by atoms with van der Waals surface area (Å²) in [5.41, 5.74) is 0.936. The van der Waals surface area contributed by atoms with E-state index in [0.29, 0.717) is 25.1 Å². The number of rotatable bonds is 7. The molecule has 5 nitrogen and oxygen atoms in total. The Labute approximate surface area is 177 Å². The Kier molecular flexibility index (Phi) is 6.79. The van der Waals surface area contributed by atoms with E-state index < -0.39 is 17.6 Å². The average Bonchev–Trinajstić information content (AvgIpc) is 2.74. The van der Waals surface area contributed by atoms with Crippen LogP contribution in [-0.2, 0) is 19.1 Å². The van der Waals surface area contributed by atoms with E-state index in [4.69, 9.17) is 0 Å². The summed E-state index contributed by atoms with van der Waals surface area (Å²) in [5, 5.41) is 5.67. The van der Waals surface area contributed by atoms with Crippen LogP contribution in [0, 0.1) is 0 Å². The molecule has 1 amide bonds. The predicted molar refractivity (Wildman–Crippen MR) is 114 cm³/mol. The van der Waals surface area contributed by atoms with E-state index in [-0.39, 0.29) is 22.4 Å². The minimum atomic E-state index is -4.50. The molecule has 0 fully saturated rings. The number of aromatic amines is 1. The van der Waals surface area contributed by atoms with Gasteiger partial charge in [-0.05, 0) is 41.8 Å². The standard InChI is InChI=1S/C23H22F3N3O2/c1-2-5-16-9-10-17(12-19(16)23(24,25)26)29-22(31)18-6-3-4-7-20(18)27-13-15-8-11-21(30)28-14-15/h3-4,6-12,14,27H,2,5,13H2,1H3,(H,28,30)(H,29,31). The van der Waals surface area contributed by atoms with Gasteiger partial charge in [0, 0.05) is 30.2 Å². The smallest absolute Gasteiger partial charge is 0.380 e. The van der Waals surface area contributed by atoms with Gasteiger partial charge in [-0.1, -0.05) is 37.6 Å². The number of benzene rings is 2. The second-order valence-corrected chi connectivity index (χ2v) is 7.03. The van der Waals surface area contributed by atoms with Crippen LogP contribution < -0.4 is 16.2 Å². The summed E-state index contributed by atoms with van der Waals surface area (Å²) < 4.78 is 40.3. The summed E-state index contributed by atoms with van der Waals surface area (Å²) in [6, 6.07) is 13.6. The fourth-order valence-corrected chi connectivity index (χ4v) is 3.19. The zero-order valence-corrected chi connectivity index (χ0v) is 16.8. The van der Waals surface area contributed by atoms with Gasteiger partial charge in [-0.15, -0.1) is 0 Å². The molecule has 8 heteroatoms. The van der Waals surface area contributed by atoms with Crippen LogP contribution in [0.2, 0.25) is 0 Å². The lowest BCUT2D eigenvalue weighted by Crippen LogP contribution is -2.16. The summed E-state index contributed by atoms with van der Waals surface area (Å²) in [4.78, 5) is 26.5. The highest BCUT2D eigenvalue weighted by Crippen LogP contribution is 2.34. The van der Waals surface area contributed by atoms with E-state index in [1.807, 2.05) is 6.92 Å². The minimum Gasteiger partial charge on any atom is -0.380 e. The lowest BCUT2D eigenvalue weighted by molar-refractivity contribution is -0.138. The molecule has 0 aliphatic carbocycles.